The molecule has 0 radical (unpaired) electrons. The molecule has 0 atom stereocenters. The molecular weight excluding hydrogens is 213 g/mol. The number of hydrogen-bond donors (Lipinski definition) is 0. The van der Waals surface area contributed by atoms with Crippen molar-refractivity contribution in [1.82, 2.24) is 0 Å². The van der Waals surface area contributed by atoms with Gasteiger partial charge in [-0.2, -0.15) is 0 Å². The summed E-state index contributed by atoms with van der Waals surface area (Å²) in [5, 5.41) is 11.3. The van der Waals surface area contributed by atoms with Crippen molar-refractivity contribution in [2.24, 2.45) is 4.99 Å². The summed E-state index contributed by atoms with van der Waals surface area (Å²) in [7, 11) is 0. The average Bonchev–Trinajstić information content (AvgIpc) is 2.69. The van der Waals surface area contributed by atoms with Gasteiger partial charge in [0, 0.05) is 6.21 Å². The quantitative estimate of drug-likeness (QED) is 0.452. The molecule has 70 valence electrons. The van der Waals surface area contributed by atoms with Gasteiger partial charge in [-0.05, 0) is 5.56 Å². The standard InChI is InChI=1S/C12H11NO.K/c14-12-8-4-1-5-10(12)9-13-11-6-2-3-7-11;/h1-9,11,14H;/q;+1/p-1. The van der Waals surface area contributed by atoms with Gasteiger partial charge in [0.25, 0.3) is 0 Å². The van der Waals surface area contributed by atoms with E-state index in [-0.39, 0.29) is 63.2 Å². The molecule has 1 aliphatic carbocycles. The maximum atomic E-state index is 11.3. The van der Waals surface area contributed by atoms with E-state index < -0.39 is 0 Å². The number of nitrogens with zero attached hydrogens (tertiary/aromatic N) is 1. The summed E-state index contributed by atoms with van der Waals surface area (Å²) in [5.41, 5.74) is 0.640. The molecule has 3 heteroatoms. The number of para-hydroxylation sites is 1. The average molecular weight is 223 g/mol. The Morgan fingerprint density at radius 3 is 2.47 bits per heavy atom. The third kappa shape index (κ3) is 3.70. The molecule has 0 fully saturated rings. The molecule has 15 heavy (non-hydrogen) atoms. The van der Waals surface area contributed by atoms with Gasteiger partial charge in [0.1, 0.15) is 0 Å². The first-order chi connectivity index (χ1) is 6.86. The SMILES string of the molecule is [K+].[O-]c1ccccc1C=NC1C=CC=C1. The van der Waals surface area contributed by atoms with Crippen molar-refractivity contribution in [2.45, 2.75) is 6.04 Å². The zero-order valence-corrected chi connectivity index (χ0v) is 11.8. The van der Waals surface area contributed by atoms with Crippen LogP contribution >= 0.6 is 0 Å². The number of hydrogen-bond acceptors (Lipinski definition) is 2. The molecule has 0 aliphatic heterocycles. The second-order valence-corrected chi connectivity index (χ2v) is 3.08. The van der Waals surface area contributed by atoms with E-state index in [0.717, 1.165) is 0 Å². The molecule has 1 aromatic rings. The molecule has 0 unspecified atom stereocenters. The number of rotatable bonds is 2. The van der Waals surface area contributed by atoms with E-state index >= 15 is 0 Å². The van der Waals surface area contributed by atoms with Crippen LogP contribution in [0.2, 0.25) is 0 Å². The molecular formula is C12H10KNO. The van der Waals surface area contributed by atoms with Crippen LogP contribution in [0.3, 0.4) is 0 Å². The Morgan fingerprint density at radius 1 is 1.13 bits per heavy atom. The third-order valence-electron chi connectivity index (χ3n) is 2.03. The Hall–Kier alpha value is -0.194. The first-order valence-corrected chi connectivity index (χ1v) is 4.50. The van der Waals surface area contributed by atoms with Gasteiger partial charge in [-0.25, -0.2) is 0 Å². The van der Waals surface area contributed by atoms with Crippen LogP contribution in [-0.2, 0) is 0 Å². The van der Waals surface area contributed by atoms with Crippen LogP contribution < -0.4 is 56.5 Å². The molecule has 0 aromatic heterocycles. The van der Waals surface area contributed by atoms with E-state index in [1.807, 2.05) is 30.4 Å². The molecule has 2 rings (SSSR count). The van der Waals surface area contributed by atoms with Gasteiger partial charge in [-0.15, -0.1) is 5.75 Å². The summed E-state index contributed by atoms with van der Waals surface area (Å²) < 4.78 is 0. The van der Waals surface area contributed by atoms with Crippen LogP contribution in [0.4, 0.5) is 0 Å². The molecule has 0 saturated heterocycles. The van der Waals surface area contributed by atoms with Crippen molar-refractivity contribution in [1.29, 1.82) is 0 Å². The molecule has 1 aromatic carbocycles. The van der Waals surface area contributed by atoms with Crippen LogP contribution in [0, 0.1) is 0 Å². The van der Waals surface area contributed by atoms with Crippen LogP contribution in [0.25, 0.3) is 0 Å². The van der Waals surface area contributed by atoms with E-state index in [1.54, 1.807) is 24.4 Å². The Morgan fingerprint density at radius 2 is 1.80 bits per heavy atom. The fourth-order valence-electron chi connectivity index (χ4n) is 1.27. The minimum atomic E-state index is 0. The Kier molecular flexibility index (Phi) is 5.49. The zero-order chi connectivity index (χ0) is 9.80. The maximum absolute atomic E-state index is 11.3. The van der Waals surface area contributed by atoms with Crippen LogP contribution in [0.1, 0.15) is 5.56 Å². The topological polar surface area (TPSA) is 35.4 Å². The van der Waals surface area contributed by atoms with Crippen LogP contribution in [-0.4, -0.2) is 12.3 Å². The molecule has 0 bridgehead atoms. The van der Waals surface area contributed by atoms with Crippen LogP contribution in [0.5, 0.6) is 5.75 Å². The van der Waals surface area contributed by atoms with Crippen molar-refractivity contribution in [3.05, 3.63) is 54.1 Å². The molecule has 0 amide bonds. The van der Waals surface area contributed by atoms with Crippen molar-refractivity contribution in [3.63, 3.8) is 0 Å². The molecule has 0 heterocycles. The van der Waals surface area contributed by atoms with E-state index in [1.165, 1.54) is 0 Å². The fraction of sp³-hybridized carbons (Fsp3) is 0.0833. The van der Waals surface area contributed by atoms with Gasteiger partial charge in [0.05, 0.1) is 6.04 Å². The van der Waals surface area contributed by atoms with E-state index in [9.17, 15) is 5.11 Å². The van der Waals surface area contributed by atoms with Crippen molar-refractivity contribution >= 4 is 6.21 Å². The van der Waals surface area contributed by atoms with Gasteiger partial charge in [-0.3, -0.25) is 4.99 Å². The third-order valence-corrected chi connectivity index (χ3v) is 2.03. The molecule has 0 spiro atoms. The molecule has 0 saturated carbocycles. The number of benzene rings is 1. The predicted molar refractivity (Wildman–Crippen MR) is 55.6 cm³/mol. The van der Waals surface area contributed by atoms with Gasteiger partial charge in [0.2, 0.25) is 0 Å². The minimum absolute atomic E-state index is 0. The summed E-state index contributed by atoms with van der Waals surface area (Å²) in [6, 6.07) is 6.98. The van der Waals surface area contributed by atoms with E-state index in [2.05, 4.69) is 4.99 Å². The van der Waals surface area contributed by atoms with Crippen molar-refractivity contribution in [3.8, 4) is 5.75 Å². The van der Waals surface area contributed by atoms with Gasteiger partial charge >= 0.3 is 51.4 Å². The maximum Gasteiger partial charge on any atom is 1.00 e. The predicted octanol–water partition coefficient (Wildman–Crippen LogP) is -1.32. The minimum Gasteiger partial charge on any atom is -0.872 e. The zero-order valence-electron chi connectivity index (χ0n) is 8.63. The monoisotopic (exact) mass is 223 g/mol. The number of allylic oxidation sites excluding steroid dienone is 2. The second kappa shape index (κ2) is 6.40. The van der Waals surface area contributed by atoms with E-state index in [4.69, 9.17) is 0 Å². The summed E-state index contributed by atoms with van der Waals surface area (Å²) in [6.07, 6.45) is 9.48. The van der Waals surface area contributed by atoms with Crippen molar-refractivity contribution in [2.75, 3.05) is 0 Å². The summed E-state index contributed by atoms with van der Waals surface area (Å²) in [4.78, 5) is 4.26. The van der Waals surface area contributed by atoms with E-state index in [0.29, 0.717) is 5.56 Å². The Bertz CT molecular complexity index is 398. The smallest absolute Gasteiger partial charge is 0.872 e. The first kappa shape index (κ1) is 12.9. The summed E-state index contributed by atoms with van der Waals surface area (Å²) in [5.74, 6) is 0.0159. The van der Waals surface area contributed by atoms with Gasteiger partial charge < -0.3 is 5.11 Å². The normalized spacial score (nSPS) is 14.7. The molecule has 2 nitrogen and oxygen atoms in total. The first-order valence-electron chi connectivity index (χ1n) is 4.50. The molecule has 1 aliphatic rings. The Labute approximate surface area is 132 Å². The van der Waals surface area contributed by atoms with Gasteiger partial charge in [-0.1, -0.05) is 48.6 Å². The second-order valence-electron chi connectivity index (χ2n) is 3.08. The van der Waals surface area contributed by atoms with Crippen LogP contribution in [0.15, 0.2) is 53.6 Å². The van der Waals surface area contributed by atoms with Crippen molar-refractivity contribution < 1.29 is 56.5 Å². The fourth-order valence-corrected chi connectivity index (χ4v) is 1.27. The largest absolute Gasteiger partial charge is 1.00 e. The Balaban J connectivity index is 0.00000112. The molecule has 0 N–H and O–H groups in total. The number of aliphatic imine (C=N–C) groups is 1. The summed E-state index contributed by atoms with van der Waals surface area (Å²) >= 11 is 0. The summed E-state index contributed by atoms with van der Waals surface area (Å²) in [6.45, 7) is 0. The van der Waals surface area contributed by atoms with Gasteiger partial charge in [0.15, 0.2) is 0 Å².